The van der Waals surface area contributed by atoms with Gasteiger partial charge < -0.3 is 10.1 Å². The van der Waals surface area contributed by atoms with Crippen molar-refractivity contribution in [3.05, 3.63) is 0 Å². The molecule has 3 atom stereocenters. The number of ether oxygens (including phenoxy) is 1. The molecule has 0 aliphatic carbocycles. The molecule has 2 aliphatic heterocycles. The van der Waals surface area contributed by atoms with Gasteiger partial charge in [-0.05, 0) is 24.2 Å². The number of hydrogen-bond donors (Lipinski definition) is 1. The van der Waals surface area contributed by atoms with Gasteiger partial charge in [0.25, 0.3) is 0 Å². The van der Waals surface area contributed by atoms with Crippen LogP contribution in [0.5, 0.6) is 0 Å². The molecule has 0 spiro atoms. The molecule has 1 N–H and O–H groups in total. The average Bonchev–Trinajstić information content (AvgIpc) is 2.80. The standard InChI is InChI=1S/C16H32N2O/c1-12(2)8-14-9-17-15(16(3,4)5)10-18(14)13-6-7-19-11-13/h12-15,17H,6-11H2,1-5H3. The summed E-state index contributed by atoms with van der Waals surface area (Å²) >= 11 is 0. The van der Waals surface area contributed by atoms with E-state index in [1.54, 1.807) is 0 Å². The van der Waals surface area contributed by atoms with Crippen LogP contribution in [0.2, 0.25) is 0 Å². The van der Waals surface area contributed by atoms with Crippen LogP contribution < -0.4 is 5.32 Å². The maximum absolute atomic E-state index is 5.62. The van der Waals surface area contributed by atoms with Gasteiger partial charge in [-0.25, -0.2) is 0 Å². The summed E-state index contributed by atoms with van der Waals surface area (Å²) in [7, 11) is 0. The summed E-state index contributed by atoms with van der Waals surface area (Å²) in [6, 6.07) is 1.93. The monoisotopic (exact) mass is 268 g/mol. The highest BCUT2D eigenvalue weighted by Crippen LogP contribution is 2.28. The molecule has 2 saturated heterocycles. The molecule has 0 aromatic heterocycles. The highest BCUT2D eigenvalue weighted by molar-refractivity contribution is 4.95. The van der Waals surface area contributed by atoms with Gasteiger partial charge in [-0.15, -0.1) is 0 Å². The first kappa shape index (κ1) is 15.3. The molecule has 0 aromatic rings. The van der Waals surface area contributed by atoms with Gasteiger partial charge in [0, 0.05) is 37.8 Å². The number of nitrogens with zero attached hydrogens (tertiary/aromatic N) is 1. The van der Waals surface area contributed by atoms with Gasteiger partial charge >= 0.3 is 0 Å². The Labute approximate surface area is 119 Å². The van der Waals surface area contributed by atoms with Gasteiger partial charge in [0.1, 0.15) is 0 Å². The molecule has 3 heteroatoms. The lowest BCUT2D eigenvalue weighted by atomic mass is 9.83. The van der Waals surface area contributed by atoms with Gasteiger partial charge in [0.15, 0.2) is 0 Å². The van der Waals surface area contributed by atoms with E-state index in [0.717, 1.165) is 25.7 Å². The Kier molecular flexibility index (Phi) is 4.91. The average molecular weight is 268 g/mol. The third kappa shape index (κ3) is 3.93. The maximum Gasteiger partial charge on any atom is 0.0622 e. The molecule has 112 valence electrons. The van der Waals surface area contributed by atoms with Crippen molar-refractivity contribution in [1.82, 2.24) is 10.2 Å². The van der Waals surface area contributed by atoms with Crippen molar-refractivity contribution in [3.63, 3.8) is 0 Å². The van der Waals surface area contributed by atoms with E-state index >= 15 is 0 Å². The lowest BCUT2D eigenvalue weighted by molar-refractivity contribution is 0.0348. The molecule has 3 unspecified atom stereocenters. The van der Waals surface area contributed by atoms with Crippen LogP contribution in [0.25, 0.3) is 0 Å². The van der Waals surface area contributed by atoms with Crippen molar-refractivity contribution in [3.8, 4) is 0 Å². The second-order valence-electron chi connectivity index (χ2n) is 7.82. The van der Waals surface area contributed by atoms with E-state index in [0.29, 0.717) is 23.5 Å². The summed E-state index contributed by atoms with van der Waals surface area (Å²) < 4.78 is 5.62. The van der Waals surface area contributed by atoms with E-state index in [1.165, 1.54) is 19.4 Å². The molecule has 0 radical (unpaired) electrons. The zero-order chi connectivity index (χ0) is 14.0. The Bertz CT molecular complexity index is 279. The molecular weight excluding hydrogens is 236 g/mol. The lowest BCUT2D eigenvalue weighted by Gasteiger charge is -2.47. The van der Waals surface area contributed by atoms with E-state index in [2.05, 4.69) is 44.8 Å². The quantitative estimate of drug-likeness (QED) is 0.851. The zero-order valence-corrected chi connectivity index (χ0v) is 13.4. The van der Waals surface area contributed by atoms with Crippen LogP contribution in [0.15, 0.2) is 0 Å². The van der Waals surface area contributed by atoms with E-state index in [9.17, 15) is 0 Å². The van der Waals surface area contributed by atoms with Gasteiger partial charge in [0.05, 0.1) is 6.61 Å². The third-order valence-corrected chi connectivity index (χ3v) is 4.63. The Balaban J connectivity index is 2.04. The zero-order valence-electron chi connectivity index (χ0n) is 13.4. The summed E-state index contributed by atoms with van der Waals surface area (Å²) in [4.78, 5) is 2.75. The summed E-state index contributed by atoms with van der Waals surface area (Å²) in [5.74, 6) is 0.766. The summed E-state index contributed by atoms with van der Waals surface area (Å²) in [6.45, 7) is 15.9. The minimum atomic E-state index is 0.334. The minimum Gasteiger partial charge on any atom is -0.380 e. The van der Waals surface area contributed by atoms with Crippen LogP contribution in [0.3, 0.4) is 0 Å². The molecular formula is C16H32N2O. The van der Waals surface area contributed by atoms with E-state index in [4.69, 9.17) is 4.74 Å². The SMILES string of the molecule is CC(C)CC1CNC(C(C)(C)C)CN1C1CCOC1. The van der Waals surface area contributed by atoms with Crippen LogP contribution in [0.1, 0.15) is 47.5 Å². The Hall–Kier alpha value is -0.120. The molecule has 0 saturated carbocycles. The first-order valence-corrected chi connectivity index (χ1v) is 7.95. The molecule has 0 aromatic carbocycles. The van der Waals surface area contributed by atoms with Crippen LogP contribution >= 0.6 is 0 Å². The van der Waals surface area contributed by atoms with E-state index in [1.807, 2.05) is 0 Å². The first-order chi connectivity index (χ1) is 8.88. The third-order valence-electron chi connectivity index (χ3n) is 4.63. The fourth-order valence-corrected chi connectivity index (χ4v) is 3.39. The van der Waals surface area contributed by atoms with Crippen LogP contribution in [0.4, 0.5) is 0 Å². The fraction of sp³-hybridized carbons (Fsp3) is 1.00. The largest absolute Gasteiger partial charge is 0.380 e. The Morgan fingerprint density at radius 1 is 1.32 bits per heavy atom. The molecule has 19 heavy (non-hydrogen) atoms. The van der Waals surface area contributed by atoms with Gasteiger partial charge in [-0.3, -0.25) is 4.90 Å². The van der Waals surface area contributed by atoms with Crippen molar-refractivity contribution in [2.75, 3.05) is 26.3 Å². The van der Waals surface area contributed by atoms with Crippen molar-refractivity contribution >= 4 is 0 Å². The fourth-order valence-electron chi connectivity index (χ4n) is 3.39. The minimum absolute atomic E-state index is 0.334. The van der Waals surface area contributed by atoms with Crippen molar-refractivity contribution in [2.45, 2.75) is 65.6 Å². The number of hydrogen-bond acceptors (Lipinski definition) is 3. The van der Waals surface area contributed by atoms with Crippen LogP contribution in [-0.4, -0.2) is 49.3 Å². The van der Waals surface area contributed by atoms with Gasteiger partial charge in [-0.1, -0.05) is 34.6 Å². The molecule has 2 aliphatic rings. The van der Waals surface area contributed by atoms with Gasteiger partial charge in [-0.2, -0.15) is 0 Å². The molecule has 2 heterocycles. The normalized spacial score (nSPS) is 34.1. The topological polar surface area (TPSA) is 24.5 Å². The first-order valence-electron chi connectivity index (χ1n) is 7.95. The van der Waals surface area contributed by atoms with Gasteiger partial charge in [0.2, 0.25) is 0 Å². The predicted octanol–water partition coefficient (Wildman–Crippen LogP) is 2.51. The van der Waals surface area contributed by atoms with E-state index in [-0.39, 0.29) is 0 Å². The molecule has 2 fully saturated rings. The van der Waals surface area contributed by atoms with Crippen molar-refractivity contribution in [2.24, 2.45) is 11.3 Å². The summed E-state index contributed by atoms with van der Waals surface area (Å²) in [6.07, 6.45) is 2.51. The van der Waals surface area contributed by atoms with Crippen molar-refractivity contribution < 1.29 is 4.74 Å². The number of nitrogens with one attached hydrogen (secondary N) is 1. The summed E-state index contributed by atoms with van der Waals surface area (Å²) in [5, 5.41) is 3.79. The Morgan fingerprint density at radius 2 is 2.05 bits per heavy atom. The van der Waals surface area contributed by atoms with Crippen LogP contribution in [-0.2, 0) is 4.74 Å². The second-order valence-corrected chi connectivity index (χ2v) is 7.82. The van der Waals surface area contributed by atoms with E-state index < -0.39 is 0 Å². The highest BCUT2D eigenvalue weighted by Gasteiger charge is 2.38. The predicted molar refractivity (Wildman–Crippen MR) is 80.4 cm³/mol. The van der Waals surface area contributed by atoms with Crippen LogP contribution in [0, 0.1) is 11.3 Å². The smallest absolute Gasteiger partial charge is 0.0622 e. The Morgan fingerprint density at radius 3 is 2.58 bits per heavy atom. The number of piperazine rings is 1. The lowest BCUT2D eigenvalue weighted by Crippen LogP contribution is -2.63. The van der Waals surface area contributed by atoms with Crippen molar-refractivity contribution in [1.29, 1.82) is 0 Å². The second kappa shape index (κ2) is 6.11. The molecule has 0 amide bonds. The molecule has 2 rings (SSSR count). The molecule has 3 nitrogen and oxygen atoms in total. The summed E-state index contributed by atoms with van der Waals surface area (Å²) in [5.41, 5.74) is 0.334. The maximum atomic E-state index is 5.62. The molecule has 0 bridgehead atoms. The number of rotatable bonds is 3. The highest BCUT2D eigenvalue weighted by atomic mass is 16.5.